The molecule has 1 amide bonds. The largest absolute Gasteiger partial charge is 0.507 e. The van der Waals surface area contributed by atoms with E-state index in [4.69, 9.17) is 9.15 Å². The summed E-state index contributed by atoms with van der Waals surface area (Å²) in [6, 6.07) is 8.13. The normalized spacial score (nSPS) is 18.6. The third kappa shape index (κ3) is 4.58. The Bertz CT molecular complexity index is 1020. The molecule has 0 bridgehead atoms. The van der Waals surface area contributed by atoms with E-state index in [9.17, 15) is 14.7 Å². The third-order valence-electron chi connectivity index (χ3n) is 5.68. The van der Waals surface area contributed by atoms with Crippen LogP contribution in [0.25, 0.3) is 5.76 Å². The van der Waals surface area contributed by atoms with Gasteiger partial charge in [-0.3, -0.25) is 9.59 Å². The lowest BCUT2D eigenvalue weighted by Gasteiger charge is -2.24. The van der Waals surface area contributed by atoms with E-state index in [1.807, 2.05) is 31.1 Å². The molecular weight excluding hydrogens is 408 g/mol. The Morgan fingerprint density at radius 1 is 1.22 bits per heavy atom. The summed E-state index contributed by atoms with van der Waals surface area (Å²) in [7, 11) is 5.41. The van der Waals surface area contributed by atoms with Gasteiger partial charge in [-0.2, -0.15) is 0 Å². The molecule has 1 fully saturated rings. The molecule has 1 aromatic heterocycles. The van der Waals surface area contributed by atoms with Crippen LogP contribution in [0.5, 0.6) is 5.75 Å². The van der Waals surface area contributed by atoms with Gasteiger partial charge in [0.25, 0.3) is 11.7 Å². The van der Waals surface area contributed by atoms with E-state index in [-0.39, 0.29) is 16.7 Å². The predicted octanol–water partition coefficient (Wildman–Crippen LogP) is 3.96. The molecule has 2 aromatic rings. The molecule has 1 aliphatic rings. The summed E-state index contributed by atoms with van der Waals surface area (Å²) in [6.45, 7) is 7.31. The summed E-state index contributed by atoms with van der Waals surface area (Å²) < 4.78 is 11.1. The van der Waals surface area contributed by atoms with Crippen molar-refractivity contribution >= 4 is 17.4 Å². The summed E-state index contributed by atoms with van der Waals surface area (Å²) in [4.78, 5) is 29.6. The van der Waals surface area contributed by atoms with Gasteiger partial charge >= 0.3 is 0 Å². The van der Waals surface area contributed by atoms with Gasteiger partial charge in [-0.05, 0) is 62.3 Å². The first-order chi connectivity index (χ1) is 15.1. The third-order valence-corrected chi connectivity index (χ3v) is 5.68. The first-order valence-electron chi connectivity index (χ1n) is 10.7. The fourth-order valence-corrected chi connectivity index (χ4v) is 3.92. The topological polar surface area (TPSA) is 83.2 Å². The number of hydrogen-bond donors (Lipinski definition) is 1. The molecule has 3 rings (SSSR count). The van der Waals surface area contributed by atoms with E-state index >= 15 is 0 Å². The van der Waals surface area contributed by atoms with Crippen LogP contribution in [-0.2, 0) is 15.0 Å². The molecule has 1 atom stereocenters. The van der Waals surface area contributed by atoms with Gasteiger partial charge in [0, 0.05) is 6.54 Å². The highest BCUT2D eigenvalue weighted by molar-refractivity contribution is 6.46. The zero-order valence-corrected chi connectivity index (χ0v) is 19.6. The number of aliphatic hydroxyl groups is 1. The number of furan rings is 1. The molecule has 0 radical (unpaired) electrons. The van der Waals surface area contributed by atoms with Crippen LogP contribution in [0.3, 0.4) is 0 Å². The number of carbonyl (C=O) groups excluding carboxylic acids is 2. The number of ketones is 1. The van der Waals surface area contributed by atoms with Crippen molar-refractivity contribution in [3.05, 3.63) is 59.1 Å². The maximum atomic E-state index is 13.1. The number of carbonyl (C=O) groups is 2. The van der Waals surface area contributed by atoms with Gasteiger partial charge in [0.15, 0.2) is 0 Å². The lowest BCUT2D eigenvalue weighted by Crippen LogP contribution is -2.32. The van der Waals surface area contributed by atoms with Crippen LogP contribution in [0, 0.1) is 0 Å². The second kappa shape index (κ2) is 9.20. The van der Waals surface area contributed by atoms with Crippen molar-refractivity contribution in [2.75, 3.05) is 34.3 Å². The fraction of sp³-hybridized carbons (Fsp3) is 0.440. The molecule has 2 heterocycles. The van der Waals surface area contributed by atoms with E-state index in [2.05, 4.69) is 20.8 Å². The molecule has 32 heavy (non-hydrogen) atoms. The van der Waals surface area contributed by atoms with Crippen LogP contribution >= 0.6 is 0 Å². The Morgan fingerprint density at radius 2 is 1.94 bits per heavy atom. The maximum absolute atomic E-state index is 13.1. The zero-order chi connectivity index (χ0) is 23.6. The minimum absolute atomic E-state index is 0.0131. The molecule has 1 unspecified atom stereocenters. The quantitative estimate of drug-likeness (QED) is 0.399. The number of nitrogens with zero attached hydrogens (tertiary/aromatic N) is 2. The maximum Gasteiger partial charge on any atom is 0.295 e. The molecule has 1 N–H and O–H groups in total. The van der Waals surface area contributed by atoms with Gasteiger partial charge in [-0.15, -0.1) is 0 Å². The number of aliphatic hydroxyl groups excluding tert-OH is 1. The summed E-state index contributed by atoms with van der Waals surface area (Å²) in [6.07, 6.45) is 2.18. The molecule has 1 aliphatic heterocycles. The van der Waals surface area contributed by atoms with E-state index < -0.39 is 17.7 Å². The van der Waals surface area contributed by atoms with Crippen molar-refractivity contribution in [1.29, 1.82) is 0 Å². The van der Waals surface area contributed by atoms with Gasteiger partial charge in [-0.25, -0.2) is 0 Å². The Balaban J connectivity index is 2.15. The second-order valence-electron chi connectivity index (χ2n) is 9.33. The SMILES string of the molecule is COc1ccc(C(C)(C)C)cc1/C(O)=C1\C(=O)C(=O)N(CCCN(C)C)C1c1ccco1. The zero-order valence-electron chi connectivity index (χ0n) is 19.6. The minimum Gasteiger partial charge on any atom is -0.507 e. The minimum atomic E-state index is -0.796. The first kappa shape index (κ1) is 23.6. The molecule has 0 spiro atoms. The highest BCUT2D eigenvalue weighted by atomic mass is 16.5. The standard InChI is InChI=1S/C25H32N2O5/c1-25(2,3)16-10-11-18(31-6)17(15-16)22(28)20-21(19-9-7-14-32-19)27(24(30)23(20)29)13-8-12-26(4)5/h7,9-11,14-15,21,28H,8,12-13H2,1-6H3/b22-20+. The number of benzene rings is 1. The van der Waals surface area contributed by atoms with Crippen molar-refractivity contribution < 1.29 is 23.8 Å². The van der Waals surface area contributed by atoms with Crippen LogP contribution in [0.15, 0.2) is 46.6 Å². The van der Waals surface area contributed by atoms with E-state index in [0.29, 0.717) is 30.0 Å². The van der Waals surface area contributed by atoms with Crippen molar-refractivity contribution in [3.63, 3.8) is 0 Å². The van der Waals surface area contributed by atoms with Gasteiger partial charge in [0.1, 0.15) is 23.3 Å². The number of ether oxygens (including phenoxy) is 1. The molecule has 1 saturated heterocycles. The monoisotopic (exact) mass is 440 g/mol. The second-order valence-corrected chi connectivity index (χ2v) is 9.33. The lowest BCUT2D eigenvalue weighted by molar-refractivity contribution is -0.140. The van der Waals surface area contributed by atoms with E-state index in [0.717, 1.165) is 12.1 Å². The first-order valence-corrected chi connectivity index (χ1v) is 10.7. The van der Waals surface area contributed by atoms with Gasteiger partial charge in [0.2, 0.25) is 0 Å². The van der Waals surface area contributed by atoms with Crippen molar-refractivity contribution in [3.8, 4) is 5.75 Å². The van der Waals surface area contributed by atoms with Crippen molar-refractivity contribution in [1.82, 2.24) is 9.80 Å². The van der Waals surface area contributed by atoms with Crippen molar-refractivity contribution in [2.24, 2.45) is 0 Å². The molecule has 0 aliphatic carbocycles. The molecule has 172 valence electrons. The highest BCUT2D eigenvalue weighted by Gasteiger charge is 2.47. The van der Waals surface area contributed by atoms with Crippen LogP contribution in [-0.4, -0.2) is 60.9 Å². The summed E-state index contributed by atoms with van der Waals surface area (Å²) in [5.74, 6) is -0.772. The highest BCUT2D eigenvalue weighted by Crippen LogP contribution is 2.42. The molecule has 7 heteroatoms. The van der Waals surface area contributed by atoms with Crippen LogP contribution in [0.2, 0.25) is 0 Å². The predicted molar refractivity (Wildman–Crippen MR) is 123 cm³/mol. The summed E-state index contributed by atoms with van der Waals surface area (Å²) in [5, 5.41) is 11.4. The van der Waals surface area contributed by atoms with Crippen LogP contribution < -0.4 is 4.74 Å². The fourth-order valence-electron chi connectivity index (χ4n) is 3.92. The van der Waals surface area contributed by atoms with Crippen molar-refractivity contribution in [2.45, 2.75) is 38.6 Å². The molecule has 0 saturated carbocycles. The Labute approximate surface area is 189 Å². The average molecular weight is 441 g/mol. The Morgan fingerprint density at radius 3 is 2.50 bits per heavy atom. The number of hydrogen-bond acceptors (Lipinski definition) is 6. The van der Waals surface area contributed by atoms with Gasteiger partial charge < -0.3 is 24.1 Å². The number of likely N-dealkylation sites (tertiary alicyclic amines) is 1. The van der Waals surface area contributed by atoms with E-state index in [1.165, 1.54) is 18.3 Å². The average Bonchev–Trinajstić information content (AvgIpc) is 3.34. The smallest absolute Gasteiger partial charge is 0.295 e. The lowest BCUT2D eigenvalue weighted by atomic mass is 9.85. The van der Waals surface area contributed by atoms with E-state index in [1.54, 1.807) is 18.2 Å². The number of methoxy groups -OCH3 is 1. The summed E-state index contributed by atoms with van der Waals surface area (Å²) in [5.41, 5.74) is 1.18. The summed E-state index contributed by atoms with van der Waals surface area (Å²) >= 11 is 0. The van der Waals surface area contributed by atoms with Crippen LogP contribution in [0.4, 0.5) is 0 Å². The van der Waals surface area contributed by atoms with Crippen LogP contribution in [0.1, 0.15) is 50.1 Å². The molecular formula is C25H32N2O5. The molecule has 1 aromatic carbocycles. The van der Waals surface area contributed by atoms with Gasteiger partial charge in [0.05, 0.1) is 24.5 Å². The molecule has 7 nitrogen and oxygen atoms in total. The number of rotatable bonds is 7. The number of amides is 1. The van der Waals surface area contributed by atoms with Gasteiger partial charge in [-0.1, -0.05) is 26.8 Å². The Hall–Kier alpha value is -3.06. The number of Topliss-reactive ketones (excluding diaryl/α,β-unsaturated/α-hetero) is 1. The Kier molecular flexibility index (Phi) is 6.79.